The highest BCUT2D eigenvalue weighted by molar-refractivity contribution is 7.47. The third-order valence-electron chi connectivity index (χ3n) is 18.1. The van der Waals surface area contributed by atoms with Crippen LogP contribution in [-0.4, -0.2) is 96.7 Å². The molecule has 0 aromatic heterocycles. The second kappa shape index (κ2) is 67.2. The Morgan fingerprint density at radius 1 is 0.258 bits per heavy atom. The second-order valence-corrected chi connectivity index (χ2v) is 32.9. The molecule has 0 heterocycles. The Hall–Kier alpha value is -1.94. The molecule has 0 aromatic carbocycles. The number of phosphoric acid groups is 2. The van der Waals surface area contributed by atoms with Gasteiger partial charge in [0.05, 0.1) is 26.4 Å². The van der Waals surface area contributed by atoms with E-state index < -0.39 is 97.5 Å². The molecular weight excluding hydrogens is 1270 g/mol. The van der Waals surface area contributed by atoms with Gasteiger partial charge in [0.2, 0.25) is 0 Å². The summed E-state index contributed by atoms with van der Waals surface area (Å²) in [7, 11) is -9.92. The van der Waals surface area contributed by atoms with Crippen molar-refractivity contribution >= 4 is 39.5 Å². The van der Waals surface area contributed by atoms with E-state index in [0.29, 0.717) is 31.6 Å². The van der Waals surface area contributed by atoms with Gasteiger partial charge in [0.25, 0.3) is 0 Å². The molecule has 0 aromatic rings. The minimum Gasteiger partial charge on any atom is -0.462 e. The Kier molecular flexibility index (Phi) is 65.9. The van der Waals surface area contributed by atoms with E-state index in [4.69, 9.17) is 37.0 Å². The molecule has 0 fully saturated rings. The van der Waals surface area contributed by atoms with E-state index in [2.05, 4.69) is 55.4 Å². The number of aliphatic hydroxyl groups is 1. The maximum absolute atomic E-state index is 13.1. The zero-order valence-electron chi connectivity index (χ0n) is 63.7. The number of hydrogen-bond donors (Lipinski definition) is 3. The van der Waals surface area contributed by atoms with E-state index >= 15 is 0 Å². The predicted molar refractivity (Wildman–Crippen MR) is 395 cm³/mol. The van der Waals surface area contributed by atoms with Crippen molar-refractivity contribution in [3.05, 3.63) is 0 Å². The molecule has 0 bridgehead atoms. The topological polar surface area (TPSA) is 237 Å². The van der Waals surface area contributed by atoms with Crippen molar-refractivity contribution in [2.45, 2.75) is 414 Å². The van der Waals surface area contributed by atoms with Crippen molar-refractivity contribution in [3.63, 3.8) is 0 Å². The van der Waals surface area contributed by atoms with Gasteiger partial charge in [-0.2, -0.15) is 0 Å². The van der Waals surface area contributed by atoms with Crippen molar-refractivity contribution < 1.29 is 80.2 Å². The van der Waals surface area contributed by atoms with Gasteiger partial charge in [0, 0.05) is 25.7 Å². The number of rotatable bonds is 75. The van der Waals surface area contributed by atoms with E-state index in [0.717, 1.165) is 114 Å². The Balaban J connectivity index is 5.20. The monoisotopic (exact) mass is 1420 g/mol. The van der Waals surface area contributed by atoms with Crippen LogP contribution in [0.4, 0.5) is 0 Å². The van der Waals surface area contributed by atoms with Gasteiger partial charge in [-0.3, -0.25) is 37.3 Å². The molecule has 0 amide bonds. The Labute approximate surface area is 594 Å². The van der Waals surface area contributed by atoms with Crippen LogP contribution < -0.4 is 0 Å². The highest BCUT2D eigenvalue weighted by Gasteiger charge is 2.30. The fraction of sp³-hybridized carbons (Fsp3) is 0.949. The quantitative estimate of drug-likeness (QED) is 0.0222. The summed E-state index contributed by atoms with van der Waals surface area (Å²) < 4.78 is 68.6. The molecule has 17 nitrogen and oxygen atoms in total. The lowest BCUT2D eigenvalue weighted by molar-refractivity contribution is -0.161. The van der Waals surface area contributed by atoms with Crippen molar-refractivity contribution in [1.29, 1.82) is 0 Å². The van der Waals surface area contributed by atoms with E-state index in [-0.39, 0.29) is 25.7 Å². The number of unbranched alkanes of at least 4 members (excludes halogenated alkanes) is 41. The zero-order valence-corrected chi connectivity index (χ0v) is 65.5. The maximum atomic E-state index is 13.1. The number of carbonyl (C=O) groups is 4. The number of phosphoric ester groups is 2. The van der Waals surface area contributed by atoms with Crippen molar-refractivity contribution in [1.82, 2.24) is 0 Å². The van der Waals surface area contributed by atoms with Crippen LogP contribution in [0.5, 0.6) is 0 Å². The molecule has 576 valence electrons. The summed E-state index contributed by atoms with van der Waals surface area (Å²) in [6.07, 6.45) is 52.9. The first kappa shape index (κ1) is 95.1. The van der Waals surface area contributed by atoms with Crippen molar-refractivity contribution in [3.8, 4) is 0 Å². The number of ether oxygens (including phenoxy) is 4. The summed E-state index contributed by atoms with van der Waals surface area (Å²) >= 11 is 0. The van der Waals surface area contributed by atoms with Gasteiger partial charge in [-0.15, -0.1) is 0 Å². The van der Waals surface area contributed by atoms with Crippen LogP contribution in [0.25, 0.3) is 0 Å². The SMILES string of the molecule is CC(C)CCCCCCCCCCCCCCCCCCCCC(=O)O[C@H](COC(=O)CCCCCCCCCC(C)C)COP(=O)(O)OCC(O)COP(=O)(O)OC[C@@H](COC(=O)CCCCCCCCCCCC(C)C)OC(=O)CCCCCCCCCCCCCC(C)C. The third-order valence-corrected chi connectivity index (χ3v) is 20.0. The van der Waals surface area contributed by atoms with Gasteiger partial charge in [0.1, 0.15) is 19.3 Å². The number of esters is 4. The standard InChI is InChI=1S/C78H152O17P2/c1-68(2)54-46-38-30-23-18-15-13-11-9-10-12-14-16-20-26-35-44-52-60-77(82)95-74(65-89-76(81)59-51-43-37-29-33-41-49-57-71(7)8)67-93-97(86,87)91-63-72(79)62-90-96(84,85)92-66-73(64-88-75(80)58-50-42-34-28-22-25-32-40-48-56-70(5)6)94-78(83)61-53-45-36-27-21-17-19-24-31-39-47-55-69(3)4/h68-74,79H,9-67H2,1-8H3,(H,84,85)(H,86,87)/t72?,73-,74-/m1/s1. The maximum Gasteiger partial charge on any atom is 0.472 e. The van der Waals surface area contributed by atoms with Gasteiger partial charge in [0.15, 0.2) is 12.2 Å². The van der Waals surface area contributed by atoms with Crippen LogP contribution in [0.2, 0.25) is 0 Å². The van der Waals surface area contributed by atoms with Crippen LogP contribution in [0.1, 0.15) is 396 Å². The average molecular weight is 1420 g/mol. The lowest BCUT2D eigenvalue weighted by atomic mass is 10.0. The minimum atomic E-state index is -4.96. The molecule has 19 heteroatoms. The first-order valence-corrected chi connectivity index (χ1v) is 43.2. The summed E-state index contributed by atoms with van der Waals surface area (Å²) in [5, 5.41) is 10.6. The van der Waals surface area contributed by atoms with Crippen LogP contribution >= 0.6 is 15.6 Å². The summed E-state index contributed by atoms with van der Waals surface area (Å²) in [4.78, 5) is 72.8. The molecule has 3 unspecified atom stereocenters. The minimum absolute atomic E-state index is 0.106. The highest BCUT2D eigenvalue weighted by Crippen LogP contribution is 2.45. The molecule has 3 N–H and O–H groups in total. The molecule has 0 aliphatic heterocycles. The fourth-order valence-electron chi connectivity index (χ4n) is 11.9. The predicted octanol–water partition coefficient (Wildman–Crippen LogP) is 22.8. The van der Waals surface area contributed by atoms with E-state index in [1.807, 2.05) is 0 Å². The first-order chi connectivity index (χ1) is 46.6. The van der Waals surface area contributed by atoms with Crippen molar-refractivity contribution in [2.75, 3.05) is 39.6 Å². The molecule has 5 atom stereocenters. The van der Waals surface area contributed by atoms with E-state index in [1.54, 1.807) is 0 Å². The van der Waals surface area contributed by atoms with Gasteiger partial charge in [-0.05, 0) is 49.4 Å². The summed E-state index contributed by atoms with van der Waals surface area (Å²) in [5.41, 5.74) is 0. The largest absolute Gasteiger partial charge is 0.472 e. The molecule has 0 aliphatic carbocycles. The van der Waals surface area contributed by atoms with Crippen LogP contribution in [0.3, 0.4) is 0 Å². The Morgan fingerprint density at radius 3 is 0.639 bits per heavy atom. The number of carbonyl (C=O) groups excluding carboxylic acids is 4. The molecule has 0 rings (SSSR count). The van der Waals surface area contributed by atoms with Crippen LogP contribution in [0, 0.1) is 23.7 Å². The van der Waals surface area contributed by atoms with E-state index in [9.17, 15) is 43.2 Å². The first-order valence-electron chi connectivity index (χ1n) is 40.2. The lowest BCUT2D eigenvalue weighted by Crippen LogP contribution is -2.30. The molecule has 0 radical (unpaired) electrons. The van der Waals surface area contributed by atoms with Gasteiger partial charge < -0.3 is 33.8 Å². The van der Waals surface area contributed by atoms with E-state index in [1.165, 1.54) is 193 Å². The average Bonchev–Trinajstić information content (AvgIpc) is 1.22. The molecule has 0 spiro atoms. The Bertz CT molecular complexity index is 1900. The Morgan fingerprint density at radius 2 is 0.433 bits per heavy atom. The summed E-state index contributed by atoms with van der Waals surface area (Å²) in [6, 6.07) is 0. The fourth-order valence-corrected chi connectivity index (χ4v) is 13.5. The summed E-state index contributed by atoms with van der Waals surface area (Å²) in [5.74, 6) is 0.915. The number of aliphatic hydroxyl groups excluding tert-OH is 1. The van der Waals surface area contributed by atoms with Gasteiger partial charge in [-0.25, -0.2) is 9.13 Å². The summed E-state index contributed by atoms with van der Waals surface area (Å²) in [6.45, 7) is 14.2. The van der Waals surface area contributed by atoms with Crippen LogP contribution in [0.15, 0.2) is 0 Å². The smallest absolute Gasteiger partial charge is 0.462 e. The normalized spacial score (nSPS) is 14.1. The molecule has 0 aliphatic rings. The lowest BCUT2D eigenvalue weighted by Gasteiger charge is -2.21. The molecular formula is C78H152O17P2. The third kappa shape index (κ3) is 72.2. The van der Waals surface area contributed by atoms with Gasteiger partial charge >= 0.3 is 39.5 Å². The molecule has 0 saturated carbocycles. The van der Waals surface area contributed by atoms with Crippen LogP contribution in [-0.2, 0) is 65.4 Å². The number of hydrogen-bond acceptors (Lipinski definition) is 15. The molecule has 97 heavy (non-hydrogen) atoms. The van der Waals surface area contributed by atoms with Crippen molar-refractivity contribution in [2.24, 2.45) is 23.7 Å². The second-order valence-electron chi connectivity index (χ2n) is 30.0. The highest BCUT2D eigenvalue weighted by atomic mass is 31.2. The molecule has 0 saturated heterocycles. The van der Waals surface area contributed by atoms with Gasteiger partial charge in [-0.1, -0.05) is 344 Å². The zero-order chi connectivity index (χ0) is 71.7.